The Hall–Kier alpha value is -3.41. The van der Waals surface area contributed by atoms with Gasteiger partial charge in [-0.3, -0.25) is 5.10 Å². The number of anilines is 1. The minimum absolute atomic E-state index is 0.0630. The van der Waals surface area contributed by atoms with E-state index in [1.54, 1.807) is 23.6 Å². The number of aromatic nitrogens is 5. The molecule has 0 unspecified atom stereocenters. The van der Waals surface area contributed by atoms with Gasteiger partial charge < -0.3 is 9.64 Å². The first-order valence-corrected chi connectivity index (χ1v) is 14.3. The number of sulfone groups is 1. The van der Waals surface area contributed by atoms with Crippen LogP contribution in [-0.2, 0) is 14.6 Å². The topological polar surface area (TPSA) is 114 Å². The maximum absolute atomic E-state index is 12.0. The maximum atomic E-state index is 12.0. The molecule has 1 atom stereocenters. The van der Waals surface area contributed by atoms with Crippen LogP contribution in [0.4, 0.5) is 5.82 Å². The Morgan fingerprint density at radius 1 is 1.11 bits per heavy atom. The average Bonchev–Trinajstić information content (AvgIpc) is 3.50. The second-order valence-electron chi connectivity index (χ2n) is 9.01. The number of hydrogen-bond acceptors (Lipinski definition) is 9. The van der Waals surface area contributed by atoms with E-state index in [9.17, 15) is 8.42 Å². The molecule has 11 heteroatoms. The van der Waals surface area contributed by atoms with Gasteiger partial charge in [-0.2, -0.15) is 5.10 Å². The first-order chi connectivity index (χ1) is 17.3. The van der Waals surface area contributed by atoms with Gasteiger partial charge in [0.2, 0.25) is 0 Å². The molecule has 1 aliphatic rings. The van der Waals surface area contributed by atoms with Crippen LogP contribution >= 0.6 is 11.3 Å². The van der Waals surface area contributed by atoms with E-state index < -0.39 is 9.84 Å². The van der Waals surface area contributed by atoms with Gasteiger partial charge in [0.05, 0.1) is 41.2 Å². The van der Waals surface area contributed by atoms with Gasteiger partial charge in [-0.15, -0.1) is 11.3 Å². The monoisotopic (exact) mass is 520 g/mol. The lowest BCUT2D eigenvalue weighted by atomic mass is 10.1. The molecule has 0 spiro atoms. The molecule has 4 aromatic heterocycles. The van der Waals surface area contributed by atoms with Gasteiger partial charge in [-0.1, -0.05) is 12.1 Å². The zero-order valence-electron chi connectivity index (χ0n) is 20.0. The summed E-state index contributed by atoms with van der Waals surface area (Å²) in [4.78, 5) is 16.8. The van der Waals surface area contributed by atoms with Crippen molar-refractivity contribution in [2.24, 2.45) is 0 Å². The molecule has 36 heavy (non-hydrogen) atoms. The fourth-order valence-electron chi connectivity index (χ4n) is 4.64. The maximum Gasteiger partial charge on any atom is 0.192 e. The molecule has 1 aromatic carbocycles. The molecule has 1 N–H and O–H groups in total. The van der Waals surface area contributed by atoms with E-state index in [4.69, 9.17) is 14.7 Å². The molecular weight excluding hydrogens is 496 g/mol. The van der Waals surface area contributed by atoms with Gasteiger partial charge in [0, 0.05) is 46.0 Å². The lowest BCUT2D eigenvalue weighted by Gasteiger charge is -2.34. The predicted octanol–water partition coefficient (Wildman–Crippen LogP) is 4.23. The van der Waals surface area contributed by atoms with E-state index in [1.165, 1.54) is 6.26 Å². The van der Waals surface area contributed by atoms with Crippen molar-refractivity contribution in [2.75, 3.05) is 30.9 Å². The van der Waals surface area contributed by atoms with Crippen LogP contribution in [0.3, 0.4) is 0 Å². The highest BCUT2D eigenvalue weighted by atomic mass is 32.2. The summed E-state index contributed by atoms with van der Waals surface area (Å²) in [6.07, 6.45) is 2.96. The molecule has 0 aliphatic carbocycles. The van der Waals surface area contributed by atoms with Gasteiger partial charge in [-0.05, 0) is 32.0 Å². The standard InChI is InChI=1S/C25H24N6O3S2/c1-14-12-34-10-9-31(14)25-23-22(28-24(29-25)17-5-4-6-20-18(17)11-26-30-20)19(13-35-23)16-7-8-21(27-15(16)2)36(3,32)33/h4-8,11,13-14H,9-10,12H2,1-3H3,(H,26,30)/t14-/m1/s1. The second kappa shape index (κ2) is 8.61. The molecule has 1 fully saturated rings. The third-order valence-electron chi connectivity index (χ3n) is 6.49. The van der Waals surface area contributed by atoms with Crippen molar-refractivity contribution in [1.29, 1.82) is 0 Å². The van der Waals surface area contributed by atoms with Crippen molar-refractivity contribution < 1.29 is 13.2 Å². The number of H-pyrrole nitrogens is 1. The van der Waals surface area contributed by atoms with Gasteiger partial charge in [0.25, 0.3) is 0 Å². The first-order valence-electron chi connectivity index (χ1n) is 11.6. The lowest BCUT2D eigenvalue weighted by molar-refractivity contribution is 0.0987. The molecule has 0 bridgehead atoms. The summed E-state index contributed by atoms with van der Waals surface area (Å²) in [5, 5.41) is 10.3. The van der Waals surface area contributed by atoms with Crippen LogP contribution in [0.15, 0.2) is 46.9 Å². The van der Waals surface area contributed by atoms with E-state index in [1.807, 2.05) is 31.2 Å². The average molecular weight is 521 g/mol. The highest BCUT2D eigenvalue weighted by Gasteiger charge is 2.26. The van der Waals surface area contributed by atoms with Gasteiger partial charge in [0.1, 0.15) is 0 Å². The number of nitrogens with one attached hydrogen (secondary N) is 1. The molecule has 1 aliphatic heterocycles. The fourth-order valence-corrected chi connectivity index (χ4v) is 6.27. The lowest BCUT2D eigenvalue weighted by Crippen LogP contribution is -2.44. The number of aryl methyl sites for hydroxylation is 1. The number of pyridine rings is 1. The van der Waals surface area contributed by atoms with Crippen LogP contribution in [0.25, 0.3) is 43.6 Å². The van der Waals surface area contributed by atoms with E-state index >= 15 is 0 Å². The van der Waals surface area contributed by atoms with Crippen LogP contribution in [0, 0.1) is 6.92 Å². The van der Waals surface area contributed by atoms with Crippen molar-refractivity contribution in [3.8, 4) is 22.5 Å². The molecule has 0 amide bonds. The largest absolute Gasteiger partial charge is 0.377 e. The summed E-state index contributed by atoms with van der Waals surface area (Å²) >= 11 is 1.59. The second-order valence-corrected chi connectivity index (χ2v) is 11.8. The number of fused-ring (bicyclic) bond motifs is 2. The zero-order valence-corrected chi connectivity index (χ0v) is 21.7. The van der Waals surface area contributed by atoms with Crippen LogP contribution in [-0.4, -0.2) is 65.6 Å². The highest BCUT2D eigenvalue weighted by molar-refractivity contribution is 7.90. The van der Waals surface area contributed by atoms with E-state index in [0.717, 1.165) is 50.2 Å². The summed E-state index contributed by atoms with van der Waals surface area (Å²) in [5.74, 6) is 1.49. The Kier molecular flexibility index (Phi) is 5.51. The van der Waals surface area contributed by atoms with E-state index in [-0.39, 0.29) is 11.1 Å². The molecule has 0 radical (unpaired) electrons. The van der Waals surface area contributed by atoms with E-state index in [0.29, 0.717) is 24.7 Å². The number of aromatic amines is 1. The first kappa shape index (κ1) is 23.0. The van der Waals surface area contributed by atoms with Crippen LogP contribution in [0.1, 0.15) is 12.6 Å². The Bertz CT molecular complexity index is 1730. The number of benzene rings is 1. The predicted molar refractivity (Wildman–Crippen MR) is 141 cm³/mol. The van der Waals surface area contributed by atoms with Crippen molar-refractivity contribution >= 4 is 48.1 Å². The summed E-state index contributed by atoms with van der Waals surface area (Å²) in [6.45, 7) is 5.96. The molecule has 1 saturated heterocycles. The minimum Gasteiger partial charge on any atom is -0.377 e. The third-order valence-corrected chi connectivity index (χ3v) is 8.45. The van der Waals surface area contributed by atoms with Gasteiger partial charge in [0.15, 0.2) is 26.5 Å². The number of ether oxygens (including phenoxy) is 1. The quantitative estimate of drug-likeness (QED) is 0.374. The number of thiophene rings is 1. The smallest absolute Gasteiger partial charge is 0.192 e. The summed E-state index contributed by atoms with van der Waals surface area (Å²) < 4.78 is 30.7. The van der Waals surface area contributed by atoms with Crippen molar-refractivity contribution in [3.05, 3.63) is 47.6 Å². The Balaban J connectivity index is 1.61. The van der Waals surface area contributed by atoms with E-state index in [2.05, 4.69) is 32.4 Å². The van der Waals surface area contributed by atoms with Crippen LogP contribution in [0.5, 0.6) is 0 Å². The zero-order chi connectivity index (χ0) is 25.0. The number of hydrogen-bond donors (Lipinski definition) is 1. The molecule has 5 heterocycles. The Labute approximate surface area is 212 Å². The van der Waals surface area contributed by atoms with Crippen LogP contribution < -0.4 is 4.90 Å². The summed E-state index contributed by atoms with van der Waals surface area (Å²) in [6, 6.07) is 9.48. The van der Waals surface area contributed by atoms with Crippen molar-refractivity contribution in [1.82, 2.24) is 25.1 Å². The van der Waals surface area contributed by atoms with Crippen LogP contribution in [0.2, 0.25) is 0 Å². The molecule has 9 nitrogen and oxygen atoms in total. The molecule has 184 valence electrons. The highest BCUT2D eigenvalue weighted by Crippen LogP contribution is 2.41. The fraction of sp³-hybridized carbons (Fsp3) is 0.280. The summed E-state index contributed by atoms with van der Waals surface area (Å²) in [5.41, 5.74) is 5.02. The van der Waals surface area contributed by atoms with Crippen molar-refractivity contribution in [2.45, 2.75) is 24.9 Å². The molecule has 5 aromatic rings. The van der Waals surface area contributed by atoms with Gasteiger partial charge in [-0.25, -0.2) is 23.4 Å². The van der Waals surface area contributed by atoms with Crippen molar-refractivity contribution in [3.63, 3.8) is 0 Å². The Morgan fingerprint density at radius 2 is 1.97 bits per heavy atom. The number of rotatable bonds is 4. The molecule has 6 rings (SSSR count). The molecular formula is C25H24N6O3S2. The minimum atomic E-state index is -3.40. The number of morpholine rings is 1. The number of nitrogens with zero attached hydrogens (tertiary/aromatic N) is 5. The Morgan fingerprint density at radius 3 is 2.75 bits per heavy atom. The summed E-state index contributed by atoms with van der Waals surface area (Å²) in [7, 11) is -3.40. The molecule has 0 saturated carbocycles. The SMILES string of the molecule is Cc1nc(S(C)(=O)=O)ccc1-c1csc2c(N3CCOC[C@H]3C)nc(-c3cccc4[nH]ncc34)nc12. The van der Waals surface area contributed by atoms with Gasteiger partial charge >= 0.3 is 0 Å². The normalized spacial score (nSPS) is 16.8. The third kappa shape index (κ3) is 3.83.